The van der Waals surface area contributed by atoms with Crippen molar-refractivity contribution >= 4 is 11.0 Å². The van der Waals surface area contributed by atoms with E-state index in [2.05, 4.69) is 37.1 Å². The van der Waals surface area contributed by atoms with E-state index in [9.17, 15) is 4.79 Å². The standard InChI is InChI=1S/C20H28N2O2/c1-4-15(5-2)21-14(3)12-22-11-10-16-17-8-6-7-9-19(17)24-20(23)18(16)13-22/h6-9,14-15,21H,4-5,10-13H2,1-3H3. The minimum absolute atomic E-state index is 0.172. The van der Waals surface area contributed by atoms with E-state index in [-0.39, 0.29) is 5.63 Å². The summed E-state index contributed by atoms with van der Waals surface area (Å²) in [6, 6.07) is 8.86. The van der Waals surface area contributed by atoms with E-state index >= 15 is 0 Å². The minimum Gasteiger partial charge on any atom is -0.422 e. The van der Waals surface area contributed by atoms with Gasteiger partial charge in [0.05, 0.1) is 5.56 Å². The second kappa shape index (κ2) is 7.49. The molecule has 1 N–H and O–H groups in total. The molecular formula is C20H28N2O2. The van der Waals surface area contributed by atoms with Crippen molar-refractivity contribution in [3.05, 3.63) is 45.8 Å². The Morgan fingerprint density at radius 3 is 2.71 bits per heavy atom. The van der Waals surface area contributed by atoms with E-state index in [1.165, 1.54) is 5.56 Å². The lowest BCUT2D eigenvalue weighted by atomic mass is 9.97. The maximum atomic E-state index is 12.4. The van der Waals surface area contributed by atoms with Crippen molar-refractivity contribution in [1.82, 2.24) is 10.2 Å². The highest BCUT2D eigenvalue weighted by molar-refractivity contribution is 5.81. The first-order valence-electron chi connectivity index (χ1n) is 9.14. The molecule has 0 amide bonds. The number of rotatable bonds is 6. The third-order valence-corrected chi connectivity index (χ3v) is 5.12. The molecule has 1 aliphatic heterocycles. The summed E-state index contributed by atoms with van der Waals surface area (Å²) in [4.78, 5) is 14.7. The number of hydrogen-bond acceptors (Lipinski definition) is 4. The molecule has 0 bridgehead atoms. The van der Waals surface area contributed by atoms with Crippen molar-refractivity contribution < 1.29 is 4.42 Å². The fourth-order valence-corrected chi connectivity index (χ4v) is 3.79. The highest BCUT2D eigenvalue weighted by Gasteiger charge is 2.23. The fraction of sp³-hybridized carbons (Fsp3) is 0.550. The highest BCUT2D eigenvalue weighted by Crippen LogP contribution is 2.25. The van der Waals surface area contributed by atoms with Crippen LogP contribution in [0.15, 0.2) is 33.5 Å². The Bertz CT molecular complexity index is 749. The molecule has 4 heteroatoms. The first-order valence-corrected chi connectivity index (χ1v) is 9.14. The molecule has 24 heavy (non-hydrogen) atoms. The Labute approximate surface area is 143 Å². The van der Waals surface area contributed by atoms with Gasteiger partial charge >= 0.3 is 5.63 Å². The van der Waals surface area contributed by atoms with Crippen molar-refractivity contribution in [1.29, 1.82) is 0 Å². The van der Waals surface area contributed by atoms with Gasteiger partial charge in [-0.3, -0.25) is 4.90 Å². The maximum absolute atomic E-state index is 12.4. The third-order valence-electron chi connectivity index (χ3n) is 5.12. The summed E-state index contributed by atoms with van der Waals surface area (Å²) >= 11 is 0. The second-order valence-electron chi connectivity index (χ2n) is 6.91. The largest absolute Gasteiger partial charge is 0.422 e. The summed E-state index contributed by atoms with van der Waals surface area (Å²) in [5, 5.41) is 4.78. The first kappa shape index (κ1) is 17.2. The van der Waals surface area contributed by atoms with Gasteiger partial charge in [0.1, 0.15) is 5.58 Å². The molecular weight excluding hydrogens is 300 g/mol. The van der Waals surface area contributed by atoms with Crippen LogP contribution in [0.2, 0.25) is 0 Å². The Hall–Kier alpha value is -1.65. The van der Waals surface area contributed by atoms with E-state index in [1.54, 1.807) is 0 Å². The molecule has 2 aromatic rings. The van der Waals surface area contributed by atoms with E-state index < -0.39 is 0 Å². The summed E-state index contributed by atoms with van der Waals surface area (Å²) in [6.07, 6.45) is 3.22. The van der Waals surface area contributed by atoms with Crippen molar-refractivity contribution in [2.75, 3.05) is 13.1 Å². The molecule has 1 aromatic heterocycles. The number of hydrogen-bond donors (Lipinski definition) is 1. The second-order valence-corrected chi connectivity index (χ2v) is 6.91. The van der Waals surface area contributed by atoms with Gasteiger partial charge in [-0.15, -0.1) is 0 Å². The normalized spacial score (nSPS) is 16.5. The molecule has 4 nitrogen and oxygen atoms in total. The van der Waals surface area contributed by atoms with Gasteiger partial charge in [-0.2, -0.15) is 0 Å². The molecule has 1 unspecified atom stereocenters. The van der Waals surface area contributed by atoms with Crippen LogP contribution in [-0.4, -0.2) is 30.1 Å². The summed E-state index contributed by atoms with van der Waals surface area (Å²) in [7, 11) is 0. The van der Waals surface area contributed by atoms with E-state index in [1.807, 2.05) is 18.2 Å². The average Bonchev–Trinajstić information content (AvgIpc) is 2.60. The van der Waals surface area contributed by atoms with E-state index in [4.69, 9.17) is 4.42 Å². The zero-order valence-electron chi connectivity index (χ0n) is 15.0. The van der Waals surface area contributed by atoms with Crippen LogP contribution in [-0.2, 0) is 13.0 Å². The minimum atomic E-state index is -0.172. The summed E-state index contributed by atoms with van der Waals surface area (Å²) in [6.45, 7) is 9.33. The molecule has 0 saturated heterocycles. The van der Waals surface area contributed by atoms with Crippen LogP contribution in [0.1, 0.15) is 44.7 Å². The van der Waals surface area contributed by atoms with Crippen molar-refractivity contribution in [2.24, 2.45) is 0 Å². The summed E-state index contributed by atoms with van der Waals surface area (Å²) < 4.78 is 5.51. The number of benzene rings is 1. The summed E-state index contributed by atoms with van der Waals surface area (Å²) in [5.74, 6) is 0. The van der Waals surface area contributed by atoms with Gasteiger partial charge in [-0.1, -0.05) is 32.0 Å². The van der Waals surface area contributed by atoms with Gasteiger partial charge in [0.2, 0.25) is 0 Å². The Morgan fingerprint density at radius 1 is 1.21 bits per heavy atom. The van der Waals surface area contributed by atoms with Gasteiger partial charge in [0.15, 0.2) is 0 Å². The van der Waals surface area contributed by atoms with Crippen molar-refractivity contribution in [3.63, 3.8) is 0 Å². The van der Waals surface area contributed by atoms with Gasteiger partial charge in [0, 0.05) is 37.1 Å². The summed E-state index contributed by atoms with van der Waals surface area (Å²) in [5.41, 5.74) is 2.56. The number of para-hydroxylation sites is 1. The Balaban J connectivity index is 1.75. The maximum Gasteiger partial charge on any atom is 0.341 e. The topological polar surface area (TPSA) is 45.5 Å². The zero-order chi connectivity index (χ0) is 17.1. The molecule has 0 radical (unpaired) electrons. The Kier molecular flexibility index (Phi) is 5.36. The van der Waals surface area contributed by atoms with Crippen LogP contribution in [0.4, 0.5) is 0 Å². The quantitative estimate of drug-likeness (QED) is 0.826. The average molecular weight is 328 g/mol. The first-order chi connectivity index (χ1) is 11.6. The van der Waals surface area contributed by atoms with Crippen LogP contribution < -0.4 is 10.9 Å². The zero-order valence-corrected chi connectivity index (χ0v) is 15.0. The van der Waals surface area contributed by atoms with Crippen molar-refractivity contribution in [2.45, 2.75) is 58.7 Å². The lowest BCUT2D eigenvalue weighted by Gasteiger charge is -2.32. The van der Waals surface area contributed by atoms with Crippen molar-refractivity contribution in [3.8, 4) is 0 Å². The molecule has 0 spiro atoms. The number of fused-ring (bicyclic) bond motifs is 3. The predicted octanol–water partition coefficient (Wildman–Crippen LogP) is 3.32. The van der Waals surface area contributed by atoms with Crippen LogP contribution in [0.5, 0.6) is 0 Å². The van der Waals surface area contributed by atoms with Crippen LogP contribution >= 0.6 is 0 Å². The van der Waals surface area contributed by atoms with E-state index in [0.717, 1.165) is 43.3 Å². The number of nitrogens with zero attached hydrogens (tertiary/aromatic N) is 1. The molecule has 2 heterocycles. The van der Waals surface area contributed by atoms with Gasteiger partial charge in [-0.25, -0.2) is 4.79 Å². The lowest BCUT2D eigenvalue weighted by Crippen LogP contribution is -2.45. The molecule has 0 fully saturated rings. The SMILES string of the molecule is CCC(CC)NC(C)CN1CCc2c(c(=O)oc3ccccc23)C1. The van der Waals surface area contributed by atoms with Crippen LogP contribution in [0.25, 0.3) is 11.0 Å². The molecule has 0 saturated carbocycles. The van der Waals surface area contributed by atoms with Gasteiger partial charge in [-0.05, 0) is 37.8 Å². The molecule has 1 aromatic carbocycles. The number of nitrogens with one attached hydrogen (secondary N) is 1. The van der Waals surface area contributed by atoms with Gasteiger partial charge < -0.3 is 9.73 Å². The Morgan fingerprint density at radius 2 is 1.96 bits per heavy atom. The smallest absolute Gasteiger partial charge is 0.341 e. The predicted molar refractivity (Wildman–Crippen MR) is 98.4 cm³/mol. The fourth-order valence-electron chi connectivity index (χ4n) is 3.79. The molecule has 3 rings (SSSR count). The van der Waals surface area contributed by atoms with Gasteiger partial charge in [0.25, 0.3) is 0 Å². The third kappa shape index (κ3) is 3.55. The molecule has 0 aliphatic carbocycles. The monoisotopic (exact) mass is 328 g/mol. The molecule has 1 aliphatic rings. The molecule has 1 atom stereocenters. The van der Waals surface area contributed by atoms with E-state index in [0.29, 0.717) is 24.2 Å². The van der Waals surface area contributed by atoms with Crippen LogP contribution in [0, 0.1) is 0 Å². The lowest BCUT2D eigenvalue weighted by molar-refractivity contribution is 0.218. The highest BCUT2D eigenvalue weighted by atomic mass is 16.4. The van der Waals surface area contributed by atoms with Crippen LogP contribution in [0.3, 0.4) is 0 Å². The molecule has 130 valence electrons.